The molecule has 0 aliphatic carbocycles. The van der Waals surface area contributed by atoms with Crippen LogP contribution in [0.5, 0.6) is 0 Å². The minimum Gasteiger partial charge on any atom is -0.465 e. The van der Waals surface area contributed by atoms with Crippen LogP contribution in [0.25, 0.3) is 4.85 Å². The lowest BCUT2D eigenvalue weighted by atomic mass is 10.2. The summed E-state index contributed by atoms with van der Waals surface area (Å²) < 4.78 is 15.3. The summed E-state index contributed by atoms with van der Waals surface area (Å²) >= 11 is 0. The van der Waals surface area contributed by atoms with Crippen LogP contribution in [0, 0.1) is 12.5 Å². The first-order chi connectivity index (χ1) is 12.1. The molecule has 0 fully saturated rings. The van der Waals surface area contributed by atoms with E-state index in [1.807, 2.05) is 0 Å². The van der Waals surface area contributed by atoms with Gasteiger partial charge in [-0.05, 0) is 13.8 Å². The van der Waals surface area contributed by atoms with E-state index in [9.17, 15) is 14.4 Å². The van der Waals surface area contributed by atoms with E-state index in [0.29, 0.717) is 0 Å². The van der Waals surface area contributed by atoms with Crippen molar-refractivity contribution in [3.8, 4) is 6.57 Å². The van der Waals surface area contributed by atoms with Crippen molar-refractivity contribution in [2.75, 3.05) is 19.8 Å². The number of carbonyl (C=O) groups excluding carboxylic acids is 3. The third kappa shape index (κ3) is 13.1. The van der Waals surface area contributed by atoms with Gasteiger partial charge in [0.25, 0.3) is 12.6 Å². The topological polar surface area (TPSA) is 135 Å². The molecule has 9 nitrogen and oxygen atoms in total. The Hall–Kier alpha value is -2.18. The van der Waals surface area contributed by atoms with Gasteiger partial charge in [-0.15, -0.1) is 0 Å². The Kier molecular flexibility index (Phi) is 12.0. The maximum atomic E-state index is 11.7. The second kappa shape index (κ2) is 13.1. The van der Waals surface area contributed by atoms with E-state index in [2.05, 4.69) is 4.85 Å². The molecule has 0 aliphatic heterocycles. The Labute approximate surface area is 154 Å². The number of esters is 3. The lowest BCUT2D eigenvalue weighted by molar-refractivity contribution is -0.153. The number of hydrogen-bond acceptors (Lipinski definition) is 8. The van der Waals surface area contributed by atoms with E-state index in [1.54, 1.807) is 20.8 Å². The highest BCUT2D eigenvalue weighted by Gasteiger charge is 2.21. The highest BCUT2D eigenvalue weighted by Crippen LogP contribution is 2.06. The Morgan fingerprint density at radius 3 is 1.46 bits per heavy atom. The van der Waals surface area contributed by atoms with E-state index >= 15 is 0 Å². The molecule has 0 aromatic carbocycles. The van der Waals surface area contributed by atoms with Crippen molar-refractivity contribution < 1.29 is 28.6 Å². The molecular weight excluding hydrogens is 342 g/mol. The fourth-order valence-corrected chi connectivity index (χ4v) is 1.77. The van der Waals surface area contributed by atoms with Crippen LogP contribution in [-0.2, 0) is 28.6 Å². The van der Waals surface area contributed by atoms with Crippen molar-refractivity contribution in [2.45, 2.75) is 58.2 Å². The van der Waals surface area contributed by atoms with Crippen molar-refractivity contribution in [2.24, 2.45) is 17.4 Å². The van der Waals surface area contributed by atoms with Gasteiger partial charge in [0.05, 0.1) is 18.8 Å². The van der Waals surface area contributed by atoms with Crippen LogP contribution in [0.4, 0.5) is 0 Å². The van der Waals surface area contributed by atoms with Gasteiger partial charge in [-0.25, -0.2) is 0 Å². The minimum atomic E-state index is -0.502. The summed E-state index contributed by atoms with van der Waals surface area (Å²) in [5, 5.41) is 0. The second-order valence-corrected chi connectivity index (χ2v) is 6.48. The molecule has 0 saturated heterocycles. The molecule has 0 aliphatic rings. The molecule has 9 heteroatoms. The minimum absolute atomic E-state index is 0.0260. The Morgan fingerprint density at radius 2 is 1.15 bits per heavy atom. The zero-order chi connectivity index (χ0) is 20.1. The monoisotopic (exact) mass is 372 g/mol. The third-order valence-corrected chi connectivity index (χ3v) is 3.13. The van der Waals surface area contributed by atoms with Gasteiger partial charge < -0.3 is 25.7 Å². The largest absolute Gasteiger partial charge is 0.465 e. The molecule has 0 amide bonds. The van der Waals surface area contributed by atoms with Gasteiger partial charge in [0, 0.05) is 19.0 Å². The molecule has 0 spiro atoms. The molecular formula is C17H30N3O6+. The van der Waals surface area contributed by atoms with Gasteiger partial charge in [0.1, 0.15) is 26.2 Å². The average Bonchev–Trinajstić information content (AvgIpc) is 2.52. The fourth-order valence-electron chi connectivity index (χ4n) is 1.77. The number of nitrogens with zero attached hydrogens (tertiary/aromatic N) is 1. The zero-order valence-electron chi connectivity index (χ0n) is 15.7. The lowest BCUT2D eigenvalue weighted by Gasteiger charge is -2.18. The summed E-state index contributed by atoms with van der Waals surface area (Å²) in [6, 6.07) is -1.03. The first-order valence-corrected chi connectivity index (χ1v) is 8.52. The van der Waals surface area contributed by atoms with Crippen LogP contribution >= 0.6 is 0 Å². The molecule has 4 N–H and O–H groups in total. The van der Waals surface area contributed by atoms with Gasteiger partial charge in [0.15, 0.2) is 0 Å². The van der Waals surface area contributed by atoms with Gasteiger partial charge in [0.2, 0.25) is 0 Å². The Morgan fingerprint density at radius 1 is 0.808 bits per heavy atom. The smallest absolute Gasteiger partial charge is 0.313 e. The zero-order valence-corrected chi connectivity index (χ0v) is 15.7. The average molecular weight is 372 g/mol. The molecule has 3 unspecified atom stereocenters. The molecule has 26 heavy (non-hydrogen) atoms. The van der Waals surface area contributed by atoms with Crippen LogP contribution in [0.1, 0.15) is 40.0 Å². The highest BCUT2D eigenvalue weighted by molar-refractivity contribution is 5.71. The van der Waals surface area contributed by atoms with Crippen molar-refractivity contribution in [1.82, 2.24) is 0 Å². The number of rotatable bonds is 12. The van der Waals surface area contributed by atoms with Crippen molar-refractivity contribution in [1.29, 1.82) is 0 Å². The van der Waals surface area contributed by atoms with E-state index < -0.39 is 23.8 Å². The first-order valence-electron chi connectivity index (χ1n) is 8.52. The van der Waals surface area contributed by atoms with Crippen molar-refractivity contribution >= 4 is 17.9 Å². The first kappa shape index (κ1) is 23.8. The summed E-state index contributed by atoms with van der Waals surface area (Å²) in [4.78, 5) is 38.4. The maximum Gasteiger partial charge on any atom is 0.313 e. The number of carbonyl (C=O) groups is 3. The van der Waals surface area contributed by atoms with E-state index in [0.717, 1.165) is 0 Å². The number of hydrogen-bond donors (Lipinski definition) is 2. The number of ether oxygens (including phenoxy) is 3. The number of nitrogens with two attached hydrogens (primary N) is 2. The van der Waals surface area contributed by atoms with Gasteiger partial charge >= 0.3 is 17.9 Å². The molecule has 148 valence electrons. The second-order valence-electron chi connectivity index (χ2n) is 6.48. The van der Waals surface area contributed by atoms with Gasteiger partial charge in [-0.3, -0.25) is 14.4 Å². The van der Waals surface area contributed by atoms with Crippen LogP contribution in [0.15, 0.2) is 0 Å². The standard InChI is InChI=1S/C17H30N3O6/c1-11(18)5-15(21)24-8-14(9-25-16(22)6-12(2)19)10-26-17(23)7-13(3)20-4/h4,11-14H,5-10,18-19H2,1-3H3/q+1. The summed E-state index contributed by atoms with van der Waals surface area (Å²) in [6.45, 7) is 9.92. The van der Waals surface area contributed by atoms with Crippen molar-refractivity contribution in [3.05, 3.63) is 4.85 Å². The molecule has 0 aromatic rings. The SMILES string of the molecule is C#[N+]C(C)CC(=O)OCC(COC(=O)CC(C)N)COC(=O)CC(C)N. The van der Waals surface area contributed by atoms with Crippen LogP contribution in [0.2, 0.25) is 0 Å². The van der Waals surface area contributed by atoms with E-state index in [-0.39, 0.29) is 57.2 Å². The molecule has 0 saturated carbocycles. The summed E-state index contributed by atoms with van der Waals surface area (Å²) in [7, 11) is 0. The van der Waals surface area contributed by atoms with Crippen LogP contribution < -0.4 is 11.5 Å². The summed E-state index contributed by atoms with van der Waals surface area (Å²) in [5.41, 5.74) is 11.1. The van der Waals surface area contributed by atoms with Crippen molar-refractivity contribution in [3.63, 3.8) is 0 Å². The predicted molar refractivity (Wildman–Crippen MR) is 95.3 cm³/mol. The summed E-state index contributed by atoms with van der Waals surface area (Å²) in [6.07, 6.45) is 0.150. The highest BCUT2D eigenvalue weighted by atomic mass is 16.6. The Balaban J connectivity index is 4.52. The molecule has 0 rings (SSSR count). The lowest BCUT2D eigenvalue weighted by Crippen LogP contribution is -2.29. The maximum absolute atomic E-state index is 11.7. The van der Waals surface area contributed by atoms with Gasteiger partial charge in [-0.1, -0.05) is 4.85 Å². The fraction of sp³-hybridized carbons (Fsp3) is 0.765. The summed E-state index contributed by atoms with van der Waals surface area (Å²) in [5.74, 6) is -1.96. The normalized spacial score (nSPS) is 15.1. The molecule has 0 bridgehead atoms. The van der Waals surface area contributed by atoms with Crippen LogP contribution in [0.3, 0.4) is 0 Å². The predicted octanol–water partition coefficient (Wildman–Crippen LogP) is 0.448. The van der Waals surface area contributed by atoms with Crippen LogP contribution in [-0.4, -0.2) is 55.9 Å². The Bertz CT molecular complexity index is 475. The van der Waals surface area contributed by atoms with E-state index in [1.165, 1.54) is 0 Å². The van der Waals surface area contributed by atoms with E-state index in [4.69, 9.17) is 32.3 Å². The molecule has 3 atom stereocenters. The molecule has 0 heterocycles. The quantitative estimate of drug-likeness (QED) is 0.372. The third-order valence-electron chi connectivity index (χ3n) is 3.13. The molecule has 0 aromatic heterocycles. The molecule has 0 radical (unpaired) electrons. The van der Waals surface area contributed by atoms with Gasteiger partial charge in [-0.2, -0.15) is 0 Å².